The number of guanidine groups is 1. The molecule has 19 heavy (non-hydrogen) atoms. The largest absolute Gasteiger partial charge is 0.356 e. The molecule has 4 heteroatoms. The van der Waals surface area contributed by atoms with Crippen molar-refractivity contribution >= 4 is 5.96 Å². The third-order valence-corrected chi connectivity index (χ3v) is 3.09. The molecule has 0 unspecified atom stereocenters. The van der Waals surface area contributed by atoms with Crippen molar-refractivity contribution in [3.8, 4) is 0 Å². The summed E-state index contributed by atoms with van der Waals surface area (Å²) in [5.74, 6) is 0.966. The molecular weight excluding hydrogens is 236 g/mol. The Labute approximate surface area is 117 Å². The Hall–Kier alpha value is -1.58. The van der Waals surface area contributed by atoms with Crippen LogP contribution in [0.25, 0.3) is 0 Å². The molecule has 0 fully saturated rings. The van der Waals surface area contributed by atoms with Gasteiger partial charge in [0.15, 0.2) is 5.96 Å². The van der Waals surface area contributed by atoms with Gasteiger partial charge in [-0.2, -0.15) is 0 Å². The zero-order valence-electron chi connectivity index (χ0n) is 12.6. The van der Waals surface area contributed by atoms with E-state index in [1.807, 2.05) is 20.2 Å². The number of aliphatic imine (C=N–C) groups is 1. The number of aryl methyl sites for hydroxylation is 1. The summed E-state index contributed by atoms with van der Waals surface area (Å²) >= 11 is 0. The first-order chi connectivity index (χ1) is 9.17. The monoisotopic (exact) mass is 262 g/mol. The second-order valence-electron chi connectivity index (χ2n) is 4.81. The number of hydrogen-bond donors (Lipinski definition) is 1. The van der Waals surface area contributed by atoms with E-state index in [1.165, 1.54) is 18.4 Å². The van der Waals surface area contributed by atoms with Crippen LogP contribution in [-0.4, -0.2) is 43.0 Å². The highest BCUT2D eigenvalue weighted by Gasteiger charge is 2.04. The second-order valence-corrected chi connectivity index (χ2v) is 4.81. The lowest BCUT2D eigenvalue weighted by Crippen LogP contribution is -2.40. The minimum absolute atomic E-state index is 0.883. The molecule has 1 rings (SSSR count). The van der Waals surface area contributed by atoms with Crippen molar-refractivity contribution in [3.63, 3.8) is 0 Å². The Balaban J connectivity index is 2.35. The highest BCUT2D eigenvalue weighted by Crippen LogP contribution is 2.00. The van der Waals surface area contributed by atoms with Crippen LogP contribution >= 0.6 is 0 Å². The predicted octanol–water partition coefficient (Wildman–Crippen LogP) is 2.24. The van der Waals surface area contributed by atoms with Crippen LogP contribution < -0.4 is 5.32 Å². The number of rotatable bonds is 6. The average Bonchev–Trinajstić information content (AvgIpc) is 2.43. The van der Waals surface area contributed by atoms with Crippen LogP contribution in [0, 0.1) is 6.92 Å². The molecule has 1 aromatic heterocycles. The van der Waals surface area contributed by atoms with Crippen molar-refractivity contribution in [3.05, 3.63) is 29.6 Å². The van der Waals surface area contributed by atoms with Crippen molar-refractivity contribution in [2.24, 2.45) is 4.99 Å². The van der Waals surface area contributed by atoms with Gasteiger partial charge in [-0.15, -0.1) is 0 Å². The van der Waals surface area contributed by atoms with Crippen LogP contribution in [0.2, 0.25) is 0 Å². The predicted molar refractivity (Wildman–Crippen MR) is 81.6 cm³/mol. The van der Waals surface area contributed by atoms with Crippen molar-refractivity contribution < 1.29 is 0 Å². The minimum atomic E-state index is 0.883. The van der Waals surface area contributed by atoms with E-state index in [4.69, 9.17) is 0 Å². The fourth-order valence-electron chi connectivity index (χ4n) is 1.85. The molecule has 0 amide bonds. The minimum Gasteiger partial charge on any atom is -0.356 e. The Bertz CT molecular complexity index is 384. The Morgan fingerprint density at radius 2 is 2.21 bits per heavy atom. The lowest BCUT2D eigenvalue weighted by atomic mass is 10.2. The third kappa shape index (κ3) is 5.73. The van der Waals surface area contributed by atoms with E-state index in [-0.39, 0.29) is 0 Å². The van der Waals surface area contributed by atoms with Gasteiger partial charge in [-0.3, -0.25) is 9.98 Å². The zero-order valence-corrected chi connectivity index (χ0v) is 12.6. The van der Waals surface area contributed by atoms with Gasteiger partial charge >= 0.3 is 0 Å². The molecule has 4 nitrogen and oxygen atoms in total. The van der Waals surface area contributed by atoms with E-state index in [2.05, 4.69) is 46.3 Å². The number of nitrogens with zero attached hydrogens (tertiary/aromatic N) is 3. The van der Waals surface area contributed by atoms with Gasteiger partial charge in [-0.05, 0) is 31.4 Å². The standard InChI is InChI=1S/C15H26N4/c1-5-6-11-19(4)15(16-3)17-10-9-14-8-7-13(2)18-12-14/h7-8,12H,5-6,9-11H2,1-4H3,(H,16,17). The molecule has 0 radical (unpaired) electrons. The zero-order chi connectivity index (χ0) is 14.1. The first kappa shape index (κ1) is 15.5. The molecule has 0 saturated carbocycles. The van der Waals surface area contributed by atoms with Crippen molar-refractivity contribution in [2.45, 2.75) is 33.1 Å². The molecule has 0 saturated heterocycles. The quantitative estimate of drug-likeness (QED) is 0.631. The van der Waals surface area contributed by atoms with Crippen LogP contribution in [0.3, 0.4) is 0 Å². The maximum absolute atomic E-state index is 4.30. The van der Waals surface area contributed by atoms with Crippen molar-refractivity contribution in [2.75, 3.05) is 27.2 Å². The van der Waals surface area contributed by atoms with E-state index in [9.17, 15) is 0 Å². The highest BCUT2D eigenvalue weighted by atomic mass is 15.3. The normalized spacial score (nSPS) is 11.5. The Morgan fingerprint density at radius 3 is 2.79 bits per heavy atom. The van der Waals surface area contributed by atoms with E-state index < -0.39 is 0 Å². The smallest absolute Gasteiger partial charge is 0.193 e. The topological polar surface area (TPSA) is 40.5 Å². The van der Waals surface area contributed by atoms with Crippen molar-refractivity contribution in [1.29, 1.82) is 0 Å². The summed E-state index contributed by atoms with van der Waals surface area (Å²) in [5.41, 5.74) is 2.32. The number of hydrogen-bond acceptors (Lipinski definition) is 2. The van der Waals surface area contributed by atoms with Crippen molar-refractivity contribution in [1.82, 2.24) is 15.2 Å². The molecule has 1 N–H and O–H groups in total. The fraction of sp³-hybridized carbons (Fsp3) is 0.600. The maximum atomic E-state index is 4.30. The molecule has 0 aliphatic rings. The van der Waals surface area contributed by atoms with Crippen LogP contribution in [0.4, 0.5) is 0 Å². The number of nitrogens with one attached hydrogen (secondary N) is 1. The van der Waals surface area contributed by atoms with Gasteiger partial charge in [-0.1, -0.05) is 19.4 Å². The molecule has 0 aromatic carbocycles. The first-order valence-electron chi connectivity index (χ1n) is 7.00. The van der Waals surface area contributed by atoms with Crippen LogP contribution in [-0.2, 0) is 6.42 Å². The van der Waals surface area contributed by atoms with Gasteiger partial charge in [0, 0.05) is 39.1 Å². The summed E-state index contributed by atoms with van der Waals surface area (Å²) in [7, 11) is 3.91. The van der Waals surface area contributed by atoms with Crippen LogP contribution in [0.15, 0.2) is 23.3 Å². The van der Waals surface area contributed by atoms with E-state index in [0.717, 1.165) is 31.2 Å². The lowest BCUT2D eigenvalue weighted by Gasteiger charge is -2.21. The molecule has 0 spiro atoms. The van der Waals surface area contributed by atoms with Gasteiger partial charge in [0.25, 0.3) is 0 Å². The Morgan fingerprint density at radius 1 is 1.42 bits per heavy atom. The average molecular weight is 262 g/mol. The second kappa shape index (κ2) is 8.51. The fourth-order valence-corrected chi connectivity index (χ4v) is 1.85. The summed E-state index contributed by atoms with van der Waals surface area (Å²) in [4.78, 5) is 10.8. The lowest BCUT2D eigenvalue weighted by molar-refractivity contribution is 0.465. The molecule has 106 valence electrons. The molecule has 0 aliphatic heterocycles. The van der Waals surface area contributed by atoms with E-state index >= 15 is 0 Å². The first-order valence-corrected chi connectivity index (χ1v) is 7.00. The SMILES string of the molecule is CCCCN(C)C(=NC)NCCc1ccc(C)nc1. The van der Waals surface area contributed by atoms with Crippen LogP contribution in [0.1, 0.15) is 31.0 Å². The molecular formula is C15H26N4. The highest BCUT2D eigenvalue weighted by molar-refractivity contribution is 5.79. The molecule has 1 aromatic rings. The summed E-state index contributed by atoms with van der Waals surface area (Å²) < 4.78 is 0. The van der Waals surface area contributed by atoms with Gasteiger partial charge in [0.1, 0.15) is 0 Å². The molecule has 0 atom stereocenters. The molecule has 1 heterocycles. The Kier molecular flexibility index (Phi) is 6.93. The third-order valence-electron chi connectivity index (χ3n) is 3.09. The molecule has 0 bridgehead atoms. The summed E-state index contributed by atoms with van der Waals surface area (Å²) in [6.45, 7) is 6.14. The van der Waals surface area contributed by atoms with Gasteiger partial charge in [0.2, 0.25) is 0 Å². The summed E-state index contributed by atoms with van der Waals surface area (Å²) in [6.07, 6.45) is 5.31. The maximum Gasteiger partial charge on any atom is 0.193 e. The van der Waals surface area contributed by atoms with E-state index in [1.54, 1.807) is 0 Å². The summed E-state index contributed by atoms with van der Waals surface area (Å²) in [5, 5.41) is 3.39. The summed E-state index contributed by atoms with van der Waals surface area (Å²) in [6, 6.07) is 4.19. The number of aromatic nitrogens is 1. The number of unbranched alkanes of at least 4 members (excludes halogenated alkanes) is 1. The van der Waals surface area contributed by atoms with Gasteiger partial charge in [0.05, 0.1) is 0 Å². The molecule has 0 aliphatic carbocycles. The number of pyridine rings is 1. The van der Waals surface area contributed by atoms with Gasteiger partial charge < -0.3 is 10.2 Å². The van der Waals surface area contributed by atoms with Gasteiger partial charge in [-0.25, -0.2) is 0 Å². The van der Waals surface area contributed by atoms with Crippen LogP contribution in [0.5, 0.6) is 0 Å². The van der Waals surface area contributed by atoms with E-state index in [0.29, 0.717) is 0 Å².